The molecule has 0 amide bonds. The van der Waals surface area contributed by atoms with Crippen molar-refractivity contribution in [2.24, 2.45) is 0 Å². The zero-order valence-corrected chi connectivity index (χ0v) is 10.6. The fraction of sp³-hybridized carbons (Fsp3) is 0.667. The summed E-state index contributed by atoms with van der Waals surface area (Å²) in [6.45, 7) is 5.11. The zero-order chi connectivity index (χ0) is 12.8. The van der Waals surface area contributed by atoms with Crippen LogP contribution < -0.4 is 9.64 Å². The monoisotopic (exact) mass is 255 g/mol. The Balaban J connectivity index is 2.05. The standard InChI is InChI=1S/C12H18FN3O2/c1-2-3-6-18-12-14-9-10(13)11(15-12)16-4-7-17-8-5-16/h9H,2-8H2,1H3. The van der Waals surface area contributed by atoms with Crippen LogP contribution in [0.2, 0.25) is 0 Å². The van der Waals surface area contributed by atoms with E-state index in [0.29, 0.717) is 38.7 Å². The second-order valence-corrected chi connectivity index (χ2v) is 4.13. The first kappa shape index (κ1) is 13.0. The summed E-state index contributed by atoms with van der Waals surface area (Å²) < 4.78 is 24.3. The lowest BCUT2D eigenvalue weighted by atomic mass is 10.4. The molecule has 1 aromatic heterocycles. The average Bonchev–Trinajstić information content (AvgIpc) is 2.42. The Bertz CT molecular complexity index is 384. The molecule has 100 valence electrons. The van der Waals surface area contributed by atoms with E-state index in [1.807, 2.05) is 4.90 Å². The van der Waals surface area contributed by atoms with Crippen LogP contribution in [-0.4, -0.2) is 42.9 Å². The molecule has 0 unspecified atom stereocenters. The van der Waals surface area contributed by atoms with Crippen LogP contribution in [0.5, 0.6) is 6.01 Å². The predicted molar refractivity (Wildman–Crippen MR) is 65.4 cm³/mol. The molecule has 1 aliphatic heterocycles. The van der Waals surface area contributed by atoms with Gasteiger partial charge in [0.15, 0.2) is 11.6 Å². The maximum absolute atomic E-state index is 13.7. The van der Waals surface area contributed by atoms with Gasteiger partial charge in [-0.15, -0.1) is 0 Å². The number of anilines is 1. The Kier molecular flexibility index (Phi) is 4.69. The highest BCUT2D eigenvalue weighted by molar-refractivity contribution is 5.40. The number of unbranched alkanes of at least 4 members (excludes halogenated alkanes) is 1. The van der Waals surface area contributed by atoms with E-state index in [1.165, 1.54) is 6.20 Å². The van der Waals surface area contributed by atoms with Crippen molar-refractivity contribution in [3.63, 3.8) is 0 Å². The SMILES string of the molecule is CCCCOc1ncc(F)c(N2CCOCC2)n1. The van der Waals surface area contributed by atoms with Gasteiger partial charge in [0.1, 0.15) is 0 Å². The van der Waals surface area contributed by atoms with Crippen molar-refractivity contribution in [3.05, 3.63) is 12.0 Å². The van der Waals surface area contributed by atoms with E-state index in [4.69, 9.17) is 9.47 Å². The van der Waals surface area contributed by atoms with E-state index < -0.39 is 5.82 Å². The fourth-order valence-electron chi connectivity index (χ4n) is 1.72. The topological polar surface area (TPSA) is 47.5 Å². The van der Waals surface area contributed by atoms with Gasteiger partial charge in [-0.1, -0.05) is 13.3 Å². The lowest BCUT2D eigenvalue weighted by molar-refractivity contribution is 0.122. The Labute approximate surface area is 106 Å². The van der Waals surface area contributed by atoms with Gasteiger partial charge in [-0.25, -0.2) is 9.37 Å². The summed E-state index contributed by atoms with van der Waals surface area (Å²) in [5.41, 5.74) is 0. The van der Waals surface area contributed by atoms with Crippen LogP contribution in [0, 0.1) is 5.82 Å². The van der Waals surface area contributed by atoms with E-state index in [2.05, 4.69) is 16.9 Å². The largest absolute Gasteiger partial charge is 0.463 e. The highest BCUT2D eigenvalue weighted by Crippen LogP contribution is 2.19. The molecule has 0 saturated carbocycles. The second kappa shape index (κ2) is 6.49. The molecule has 6 heteroatoms. The lowest BCUT2D eigenvalue weighted by Gasteiger charge is -2.27. The van der Waals surface area contributed by atoms with Crippen LogP contribution in [0.15, 0.2) is 6.20 Å². The van der Waals surface area contributed by atoms with Gasteiger partial charge in [-0.2, -0.15) is 4.98 Å². The molecule has 0 atom stereocenters. The first-order valence-electron chi connectivity index (χ1n) is 6.29. The number of hydrogen-bond donors (Lipinski definition) is 0. The Hall–Kier alpha value is -1.43. The minimum absolute atomic E-state index is 0.242. The molecule has 0 aromatic carbocycles. The van der Waals surface area contributed by atoms with E-state index in [1.54, 1.807) is 0 Å². The molecular formula is C12H18FN3O2. The summed E-state index contributed by atoms with van der Waals surface area (Å²) in [7, 11) is 0. The summed E-state index contributed by atoms with van der Waals surface area (Å²) >= 11 is 0. The summed E-state index contributed by atoms with van der Waals surface area (Å²) in [5.74, 6) is -0.112. The van der Waals surface area contributed by atoms with Gasteiger partial charge < -0.3 is 14.4 Å². The zero-order valence-electron chi connectivity index (χ0n) is 10.6. The third kappa shape index (κ3) is 3.29. The van der Waals surface area contributed by atoms with Crippen LogP contribution in [0.3, 0.4) is 0 Å². The molecule has 2 rings (SSSR count). The quantitative estimate of drug-likeness (QED) is 0.748. The van der Waals surface area contributed by atoms with E-state index in [9.17, 15) is 4.39 Å². The van der Waals surface area contributed by atoms with Gasteiger partial charge in [0, 0.05) is 13.1 Å². The average molecular weight is 255 g/mol. The minimum atomic E-state index is -0.417. The van der Waals surface area contributed by atoms with Crippen LogP contribution in [0.25, 0.3) is 0 Å². The summed E-state index contributed by atoms with van der Waals surface area (Å²) in [6.07, 6.45) is 3.14. The maximum atomic E-state index is 13.7. The number of hydrogen-bond acceptors (Lipinski definition) is 5. The van der Waals surface area contributed by atoms with Crippen molar-refractivity contribution in [2.45, 2.75) is 19.8 Å². The van der Waals surface area contributed by atoms with Crippen LogP contribution >= 0.6 is 0 Å². The first-order chi connectivity index (χ1) is 8.81. The number of halogens is 1. The van der Waals surface area contributed by atoms with Gasteiger partial charge in [-0.3, -0.25) is 0 Å². The Morgan fingerprint density at radius 2 is 2.22 bits per heavy atom. The van der Waals surface area contributed by atoms with Gasteiger partial charge in [-0.05, 0) is 6.42 Å². The van der Waals surface area contributed by atoms with Gasteiger partial charge in [0.2, 0.25) is 0 Å². The Morgan fingerprint density at radius 1 is 1.44 bits per heavy atom. The molecule has 1 fully saturated rings. The maximum Gasteiger partial charge on any atom is 0.318 e. The molecule has 2 heterocycles. The van der Waals surface area contributed by atoms with Crippen molar-refractivity contribution in [1.82, 2.24) is 9.97 Å². The highest BCUT2D eigenvalue weighted by atomic mass is 19.1. The Morgan fingerprint density at radius 3 is 2.94 bits per heavy atom. The summed E-state index contributed by atoms with van der Waals surface area (Å²) in [5, 5.41) is 0. The van der Waals surface area contributed by atoms with Crippen LogP contribution in [0.4, 0.5) is 10.2 Å². The minimum Gasteiger partial charge on any atom is -0.463 e. The second-order valence-electron chi connectivity index (χ2n) is 4.13. The molecule has 1 saturated heterocycles. The van der Waals surface area contributed by atoms with Crippen molar-refractivity contribution in [3.8, 4) is 6.01 Å². The van der Waals surface area contributed by atoms with Crippen LogP contribution in [-0.2, 0) is 4.74 Å². The van der Waals surface area contributed by atoms with E-state index >= 15 is 0 Å². The van der Waals surface area contributed by atoms with Crippen molar-refractivity contribution in [1.29, 1.82) is 0 Å². The summed E-state index contributed by atoms with van der Waals surface area (Å²) in [4.78, 5) is 9.82. The van der Waals surface area contributed by atoms with Crippen molar-refractivity contribution >= 4 is 5.82 Å². The lowest BCUT2D eigenvalue weighted by Crippen LogP contribution is -2.37. The molecule has 0 radical (unpaired) electrons. The predicted octanol–water partition coefficient (Wildman–Crippen LogP) is 1.63. The molecule has 0 spiro atoms. The highest BCUT2D eigenvalue weighted by Gasteiger charge is 2.18. The molecule has 0 aliphatic carbocycles. The van der Waals surface area contributed by atoms with Gasteiger partial charge >= 0.3 is 6.01 Å². The number of ether oxygens (including phenoxy) is 2. The number of aromatic nitrogens is 2. The molecule has 0 bridgehead atoms. The molecular weight excluding hydrogens is 237 g/mol. The molecule has 5 nitrogen and oxygen atoms in total. The molecule has 1 aromatic rings. The number of rotatable bonds is 5. The van der Waals surface area contributed by atoms with E-state index in [-0.39, 0.29) is 6.01 Å². The third-order valence-electron chi connectivity index (χ3n) is 2.74. The summed E-state index contributed by atoms with van der Waals surface area (Å²) in [6, 6.07) is 0.242. The van der Waals surface area contributed by atoms with Crippen LogP contribution in [0.1, 0.15) is 19.8 Å². The van der Waals surface area contributed by atoms with E-state index in [0.717, 1.165) is 12.8 Å². The van der Waals surface area contributed by atoms with Gasteiger partial charge in [0.05, 0.1) is 26.0 Å². The third-order valence-corrected chi connectivity index (χ3v) is 2.74. The first-order valence-corrected chi connectivity index (χ1v) is 6.29. The molecule has 0 N–H and O–H groups in total. The van der Waals surface area contributed by atoms with Crippen molar-refractivity contribution in [2.75, 3.05) is 37.8 Å². The smallest absolute Gasteiger partial charge is 0.318 e. The fourth-order valence-corrected chi connectivity index (χ4v) is 1.72. The van der Waals surface area contributed by atoms with Gasteiger partial charge in [0.25, 0.3) is 0 Å². The normalized spacial score (nSPS) is 15.8. The van der Waals surface area contributed by atoms with Crippen molar-refractivity contribution < 1.29 is 13.9 Å². The number of morpholine rings is 1. The molecule has 1 aliphatic rings. The number of nitrogens with zero attached hydrogens (tertiary/aromatic N) is 3. The molecule has 18 heavy (non-hydrogen) atoms.